The second kappa shape index (κ2) is 4.78. The minimum Gasteiger partial charge on any atom is -0.359 e. The molecule has 1 aromatic carbocycles. The minimum absolute atomic E-state index is 0.429. The summed E-state index contributed by atoms with van der Waals surface area (Å²) >= 11 is 0. The summed E-state index contributed by atoms with van der Waals surface area (Å²) in [5, 5.41) is 8.98. The predicted molar refractivity (Wildman–Crippen MR) is 55.9 cm³/mol. The molecule has 2 heteroatoms. The Labute approximate surface area is 85.1 Å². The lowest BCUT2D eigenvalue weighted by Crippen LogP contribution is -2.05. The third-order valence-electron chi connectivity index (χ3n) is 2.25. The highest BCUT2D eigenvalue weighted by atomic mass is 16.5. The van der Waals surface area contributed by atoms with Crippen LogP contribution in [-0.4, -0.2) is 6.61 Å². The highest BCUT2D eigenvalue weighted by molar-refractivity contribution is 5.37. The SMILES string of the molecule is CCOC(C#N)c1c(C)cccc1C. The molecule has 1 unspecified atom stereocenters. The molecule has 0 aliphatic heterocycles. The highest BCUT2D eigenvalue weighted by Gasteiger charge is 2.14. The molecule has 74 valence electrons. The van der Waals surface area contributed by atoms with Gasteiger partial charge < -0.3 is 4.74 Å². The third kappa shape index (κ3) is 2.12. The molecule has 0 amide bonds. The van der Waals surface area contributed by atoms with E-state index in [1.165, 1.54) is 0 Å². The van der Waals surface area contributed by atoms with Gasteiger partial charge >= 0.3 is 0 Å². The van der Waals surface area contributed by atoms with Gasteiger partial charge in [0.15, 0.2) is 6.10 Å². The van der Waals surface area contributed by atoms with Crippen molar-refractivity contribution in [3.8, 4) is 6.07 Å². The molecule has 0 radical (unpaired) electrons. The molecule has 1 rings (SSSR count). The molecular weight excluding hydrogens is 174 g/mol. The summed E-state index contributed by atoms with van der Waals surface area (Å²) < 4.78 is 5.38. The van der Waals surface area contributed by atoms with Gasteiger partial charge in [-0.05, 0) is 31.9 Å². The Kier molecular flexibility index (Phi) is 3.67. The average molecular weight is 189 g/mol. The Balaban J connectivity index is 3.10. The molecule has 0 heterocycles. The maximum Gasteiger partial charge on any atom is 0.169 e. The van der Waals surface area contributed by atoms with Gasteiger partial charge in [-0.15, -0.1) is 0 Å². The van der Waals surface area contributed by atoms with Crippen LogP contribution in [0.2, 0.25) is 0 Å². The fourth-order valence-corrected chi connectivity index (χ4v) is 1.59. The van der Waals surface area contributed by atoms with Gasteiger partial charge in [0.25, 0.3) is 0 Å². The lowest BCUT2D eigenvalue weighted by molar-refractivity contribution is 0.101. The zero-order chi connectivity index (χ0) is 10.6. The van der Waals surface area contributed by atoms with Crippen molar-refractivity contribution in [3.63, 3.8) is 0 Å². The van der Waals surface area contributed by atoms with E-state index in [0.717, 1.165) is 16.7 Å². The molecule has 0 aromatic heterocycles. The van der Waals surface area contributed by atoms with E-state index in [1.54, 1.807) is 0 Å². The van der Waals surface area contributed by atoms with Crippen LogP contribution in [0, 0.1) is 25.2 Å². The number of hydrogen-bond donors (Lipinski definition) is 0. The van der Waals surface area contributed by atoms with Gasteiger partial charge in [-0.3, -0.25) is 0 Å². The first-order valence-electron chi connectivity index (χ1n) is 4.78. The number of aryl methyl sites for hydroxylation is 2. The van der Waals surface area contributed by atoms with Gasteiger partial charge in [-0.2, -0.15) is 5.26 Å². The highest BCUT2D eigenvalue weighted by Crippen LogP contribution is 2.23. The van der Waals surface area contributed by atoms with Gasteiger partial charge in [0.05, 0.1) is 6.07 Å². The fraction of sp³-hybridized carbons (Fsp3) is 0.417. The van der Waals surface area contributed by atoms with Crippen LogP contribution >= 0.6 is 0 Å². The first-order valence-corrected chi connectivity index (χ1v) is 4.78. The quantitative estimate of drug-likeness (QED) is 0.732. The maximum absolute atomic E-state index is 8.98. The van der Waals surface area contributed by atoms with Crippen molar-refractivity contribution >= 4 is 0 Å². The average Bonchev–Trinajstić information content (AvgIpc) is 2.16. The number of nitriles is 1. The third-order valence-corrected chi connectivity index (χ3v) is 2.25. The largest absolute Gasteiger partial charge is 0.359 e. The molecule has 0 N–H and O–H groups in total. The first kappa shape index (κ1) is 10.7. The summed E-state index contributed by atoms with van der Waals surface area (Å²) in [7, 11) is 0. The summed E-state index contributed by atoms with van der Waals surface area (Å²) in [4.78, 5) is 0. The molecule has 0 fully saturated rings. The van der Waals surface area contributed by atoms with E-state index in [2.05, 4.69) is 6.07 Å². The van der Waals surface area contributed by atoms with Crippen molar-refractivity contribution in [2.45, 2.75) is 26.9 Å². The molecule has 0 bridgehead atoms. The van der Waals surface area contributed by atoms with Crippen LogP contribution in [0.1, 0.15) is 29.7 Å². The zero-order valence-electron chi connectivity index (χ0n) is 8.87. The lowest BCUT2D eigenvalue weighted by atomic mass is 9.99. The van der Waals surface area contributed by atoms with Crippen LogP contribution in [0.5, 0.6) is 0 Å². The molecule has 2 nitrogen and oxygen atoms in total. The smallest absolute Gasteiger partial charge is 0.169 e. The van der Waals surface area contributed by atoms with Crippen LogP contribution < -0.4 is 0 Å². The van der Waals surface area contributed by atoms with E-state index >= 15 is 0 Å². The summed E-state index contributed by atoms with van der Waals surface area (Å²) in [6, 6.07) is 8.18. The van der Waals surface area contributed by atoms with Crippen molar-refractivity contribution in [2.24, 2.45) is 0 Å². The van der Waals surface area contributed by atoms with E-state index in [0.29, 0.717) is 6.61 Å². The molecular formula is C12H15NO. The van der Waals surface area contributed by atoms with Crippen molar-refractivity contribution in [1.82, 2.24) is 0 Å². The van der Waals surface area contributed by atoms with Crippen molar-refractivity contribution < 1.29 is 4.74 Å². The lowest BCUT2D eigenvalue weighted by Gasteiger charge is -2.14. The van der Waals surface area contributed by atoms with Gasteiger partial charge in [0.1, 0.15) is 0 Å². The summed E-state index contributed by atoms with van der Waals surface area (Å²) in [5.74, 6) is 0. The number of hydrogen-bond acceptors (Lipinski definition) is 2. The predicted octanol–water partition coefficient (Wildman–Crippen LogP) is 2.90. The molecule has 1 aromatic rings. The summed E-state index contributed by atoms with van der Waals surface area (Å²) in [6.07, 6.45) is -0.429. The standard InChI is InChI=1S/C12H15NO/c1-4-14-11(8-13)12-9(2)6-5-7-10(12)3/h5-7,11H,4H2,1-3H3. The molecule has 0 spiro atoms. The van der Waals surface area contributed by atoms with Gasteiger partial charge in [-0.1, -0.05) is 18.2 Å². The van der Waals surface area contributed by atoms with E-state index in [9.17, 15) is 0 Å². The van der Waals surface area contributed by atoms with Crippen LogP contribution in [0.3, 0.4) is 0 Å². The topological polar surface area (TPSA) is 33.0 Å². The first-order chi connectivity index (χ1) is 6.70. The Morgan fingerprint density at radius 2 is 1.93 bits per heavy atom. The monoisotopic (exact) mass is 189 g/mol. The zero-order valence-corrected chi connectivity index (χ0v) is 8.87. The number of nitrogens with zero attached hydrogens (tertiary/aromatic N) is 1. The molecule has 0 aliphatic carbocycles. The van der Waals surface area contributed by atoms with Crippen LogP contribution in [0.4, 0.5) is 0 Å². The van der Waals surface area contributed by atoms with Gasteiger partial charge in [-0.25, -0.2) is 0 Å². The van der Waals surface area contributed by atoms with Gasteiger partial charge in [0.2, 0.25) is 0 Å². The minimum atomic E-state index is -0.429. The Bertz CT molecular complexity index is 332. The van der Waals surface area contributed by atoms with Crippen molar-refractivity contribution in [3.05, 3.63) is 34.9 Å². The van der Waals surface area contributed by atoms with E-state index in [4.69, 9.17) is 10.00 Å². The summed E-state index contributed by atoms with van der Waals surface area (Å²) in [6.45, 7) is 6.47. The normalized spacial score (nSPS) is 12.1. The maximum atomic E-state index is 8.98. The Hall–Kier alpha value is -1.33. The molecule has 14 heavy (non-hydrogen) atoms. The van der Waals surface area contributed by atoms with E-state index < -0.39 is 6.10 Å². The number of rotatable bonds is 3. The Morgan fingerprint density at radius 1 is 1.36 bits per heavy atom. The van der Waals surface area contributed by atoms with Crippen molar-refractivity contribution in [1.29, 1.82) is 5.26 Å². The second-order valence-corrected chi connectivity index (χ2v) is 3.27. The molecule has 0 saturated heterocycles. The van der Waals surface area contributed by atoms with Crippen molar-refractivity contribution in [2.75, 3.05) is 6.61 Å². The van der Waals surface area contributed by atoms with E-state index in [1.807, 2.05) is 39.0 Å². The number of benzene rings is 1. The van der Waals surface area contributed by atoms with Crippen LogP contribution in [0.25, 0.3) is 0 Å². The molecule has 1 atom stereocenters. The summed E-state index contributed by atoms with van der Waals surface area (Å²) in [5.41, 5.74) is 3.24. The van der Waals surface area contributed by atoms with Crippen LogP contribution in [0.15, 0.2) is 18.2 Å². The van der Waals surface area contributed by atoms with Crippen LogP contribution in [-0.2, 0) is 4.74 Å². The molecule has 0 aliphatic rings. The molecule has 0 saturated carbocycles. The Morgan fingerprint density at radius 3 is 2.36 bits per heavy atom. The second-order valence-electron chi connectivity index (χ2n) is 3.27. The fourth-order valence-electron chi connectivity index (χ4n) is 1.59. The number of ether oxygens (including phenoxy) is 1. The van der Waals surface area contributed by atoms with Gasteiger partial charge in [0, 0.05) is 12.2 Å². The van der Waals surface area contributed by atoms with E-state index in [-0.39, 0.29) is 0 Å².